The quantitative estimate of drug-likeness (QED) is 0.854. The van der Waals surface area contributed by atoms with E-state index >= 15 is 0 Å². The molecule has 0 atom stereocenters. The lowest BCUT2D eigenvalue weighted by Gasteiger charge is -2.20. The molecular formula is C17H18N2O3. The van der Waals surface area contributed by atoms with Gasteiger partial charge in [-0.15, -0.1) is 0 Å². The zero-order chi connectivity index (χ0) is 15.7. The number of rotatable bonds is 1. The molecule has 5 heteroatoms. The second-order valence-electron chi connectivity index (χ2n) is 6.07. The third-order valence-electron chi connectivity index (χ3n) is 3.17. The smallest absolute Gasteiger partial charge is 0.418 e. The van der Waals surface area contributed by atoms with Gasteiger partial charge in [-0.25, -0.2) is 10.3 Å². The van der Waals surface area contributed by atoms with Gasteiger partial charge in [-0.05, 0) is 56.7 Å². The lowest BCUT2D eigenvalue weighted by atomic mass is 10.1. The van der Waals surface area contributed by atoms with Crippen molar-refractivity contribution in [1.29, 1.82) is 0 Å². The van der Waals surface area contributed by atoms with Crippen LogP contribution in [-0.4, -0.2) is 16.3 Å². The molecule has 1 aliphatic rings. The molecule has 0 unspecified atom stereocenters. The molecule has 0 bridgehead atoms. The highest BCUT2D eigenvalue weighted by Gasteiger charge is 2.20. The molecule has 3 rings (SSSR count). The van der Waals surface area contributed by atoms with Gasteiger partial charge in [0.1, 0.15) is 11.9 Å². The van der Waals surface area contributed by atoms with Crippen LogP contribution in [0.4, 0.5) is 10.5 Å². The Hall–Kier alpha value is -2.69. The first-order chi connectivity index (χ1) is 10.4. The summed E-state index contributed by atoms with van der Waals surface area (Å²) in [4.78, 5) is 17.3. The Morgan fingerprint density at radius 2 is 2.09 bits per heavy atom. The van der Waals surface area contributed by atoms with E-state index in [1.54, 1.807) is 12.5 Å². The van der Waals surface area contributed by atoms with Crippen LogP contribution in [0, 0.1) is 0 Å². The maximum Gasteiger partial charge on any atom is 0.418 e. The van der Waals surface area contributed by atoms with Crippen LogP contribution < -0.4 is 5.48 Å². The number of nitrogens with one attached hydrogen (secondary N) is 1. The lowest BCUT2D eigenvalue weighted by molar-refractivity contribution is 0.0540. The van der Waals surface area contributed by atoms with Crippen molar-refractivity contribution in [1.82, 2.24) is 4.57 Å². The van der Waals surface area contributed by atoms with Crippen molar-refractivity contribution in [3.05, 3.63) is 48.4 Å². The zero-order valence-electron chi connectivity index (χ0n) is 12.8. The van der Waals surface area contributed by atoms with Crippen LogP contribution in [0.3, 0.4) is 0 Å². The molecule has 0 radical (unpaired) electrons. The van der Waals surface area contributed by atoms with Crippen molar-refractivity contribution in [2.75, 3.05) is 5.48 Å². The van der Waals surface area contributed by atoms with Crippen LogP contribution in [-0.2, 0) is 9.57 Å². The second kappa shape index (κ2) is 5.26. The summed E-state index contributed by atoms with van der Waals surface area (Å²) in [7, 11) is 0. The van der Waals surface area contributed by atoms with Gasteiger partial charge < -0.3 is 9.57 Å². The number of anilines is 1. The van der Waals surface area contributed by atoms with E-state index in [9.17, 15) is 4.79 Å². The minimum Gasteiger partial charge on any atom is -0.443 e. The number of hydrogen-bond donors (Lipinski definition) is 1. The minimum atomic E-state index is -0.529. The number of aromatic nitrogens is 1. The number of fused-ring (bicyclic) bond motifs is 1. The van der Waals surface area contributed by atoms with E-state index in [2.05, 4.69) is 5.48 Å². The molecule has 0 saturated carbocycles. The highest BCUT2D eigenvalue weighted by Crippen LogP contribution is 2.28. The molecule has 0 fully saturated rings. The molecule has 114 valence electrons. The summed E-state index contributed by atoms with van der Waals surface area (Å²) in [5.74, 6) is 0. The third kappa shape index (κ3) is 2.83. The van der Waals surface area contributed by atoms with Crippen molar-refractivity contribution < 1.29 is 14.4 Å². The van der Waals surface area contributed by atoms with Gasteiger partial charge in [-0.1, -0.05) is 6.07 Å². The fourth-order valence-corrected chi connectivity index (χ4v) is 2.24. The van der Waals surface area contributed by atoms with E-state index in [0.29, 0.717) is 0 Å². The standard InChI is InChI=1S/C17H18N2O3/c1-17(2,3)22-16(20)19-9-4-5-15(19)13-6-7-14-12(11-13)8-10-21-18-14/h4-11,18H,1-3H3. The summed E-state index contributed by atoms with van der Waals surface area (Å²) in [5.41, 5.74) is 5.90. The van der Waals surface area contributed by atoms with E-state index in [-0.39, 0.29) is 6.09 Å². The third-order valence-corrected chi connectivity index (χ3v) is 3.17. The van der Waals surface area contributed by atoms with E-state index in [1.165, 1.54) is 4.57 Å². The number of hydrogen-bond acceptors (Lipinski definition) is 4. The van der Waals surface area contributed by atoms with Crippen molar-refractivity contribution >= 4 is 17.9 Å². The molecule has 2 heterocycles. The molecule has 1 aromatic carbocycles. The van der Waals surface area contributed by atoms with Gasteiger partial charge in [0.25, 0.3) is 0 Å². The lowest BCUT2D eigenvalue weighted by Crippen LogP contribution is -2.27. The summed E-state index contributed by atoms with van der Waals surface area (Å²) >= 11 is 0. The Morgan fingerprint density at radius 1 is 1.27 bits per heavy atom. The molecule has 0 spiro atoms. The maximum absolute atomic E-state index is 12.3. The molecule has 1 aromatic heterocycles. The predicted octanol–water partition coefficient (Wildman–Crippen LogP) is 4.27. The predicted molar refractivity (Wildman–Crippen MR) is 85.2 cm³/mol. The Balaban J connectivity index is 1.96. The van der Waals surface area contributed by atoms with Gasteiger partial charge in [-0.3, -0.25) is 4.57 Å². The molecule has 22 heavy (non-hydrogen) atoms. The van der Waals surface area contributed by atoms with Crippen molar-refractivity contribution in [3.8, 4) is 11.3 Å². The fraction of sp³-hybridized carbons (Fsp3) is 0.235. The van der Waals surface area contributed by atoms with E-state index in [4.69, 9.17) is 9.57 Å². The second-order valence-corrected chi connectivity index (χ2v) is 6.07. The first-order valence-corrected chi connectivity index (χ1v) is 7.07. The Bertz CT molecular complexity index is 739. The van der Waals surface area contributed by atoms with E-state index < -0.39 is 5.60 Å². The summed E-state index contributed by atoms with van der Waals surface area (Å²) < 4.78 is 6.95. The van der Waals surface area contributed by atoms with Gasteiger partial charge in [0.05, 0.1) is 11.4 Å². The monoisotopic (exact) mass is 298 g/mol. The van der Waals surface area contributed by atoms with Gasteiger partial charge >= 0.3 is 6.09 Å². The molecule has 1 aliphatic heterocycles. The van der Waals surface area contributed by atoms with Crippen molar-refractivity contribution in [2.24, 2.45) is 0 Å². The summed E-state index contributed by atoms with van der Waals surface area (Å²) in [6, 6.07) is 9.57. The molecule has 2 aromatic rings. The number of benzene rings is 1. The topological polar surface area (TPSA) is 52.5 Å². The Kier molecular flexibility index (Phi) is 3.41. The summed E-state index contributed by atoms with van der Waals surface area (Å²) in [6.45, 7) is 5.55. The minimum absolute atomic E-state index is 0.387. The summed E-state index contributed by atoms with van der Waals surface area (Å²) in [5, 5.41) is 0. The van der Waals surface area contributed by atoms with Crippen LogP contribution in [0.25, 0.3) is 17.3 Å². The Labute approximate surface area is 129 Å². The SMILES string of the molecule is CC(C)(C)OC(=O)n1cccc1-c1ccc2c(c1)C=CON2. The van der Waals surface area contributed by atoms with Gasteiger partial charge in [0.15, 0.2) is 0 Å². The average molecular weight is 298 g/mol. The molecule has 0 amide bonds. The van der Waals surface area contributed by atoms with Crippen LogP contribution in [0.1, 0.15) is 26.3 Å². The van der Waals surface area contributed by atoms with E-state index in [1.807, 2.05) is 57.2 Å². The van der Waals surface area contributed by atoms with Crippen LogP contribution in [0.5, 0.6) is 0 Å². The number of ether oxygens (including phenoxy) is 1. The highest BCUT2D eigenvalue weighted by molar-refractivity contribution is 5.81. The molecule has 0 saturated heterocycles. The largest absolute Gasteiger partial charge is 0.443 e. The molecule has 0 aliphatic carbocycles. The zero-order valence-corrected chi connectivity index (χ0v) is 12.8. The van der Waals surface area contributed by atoms with Crippen LogP contribution in [0.2, 0.25) is 0 Å². The molecular weight excluding hydrogens is 280 g/mol. The number of nitrogens with zero attached hydrogens (tertiary/aromatic N) is 1. The number of carbonyl (C=O) groups excluding carboxylic acids is 1. The molecule has 1 N–H and O–H groups in total. The molecule has 5 nitrogen and oxygen atoms in total. The van der Waals surface area contributed by atoms with Crippen molar-refractivity contribution in [3.63, 3.8) is 0 Å². The van der Waals surface area contributed by atoms with Crippen LogP contribution in [0.15, 0.2) is 42.8 Å². The highest BCUT2D eigenvalue weighted by atomic mass is 16.6. The van der Waals surface area contributed by atoms with Gasteiger partial charge in [-0.2, -0.15) is 0 Å². The van der Waals surface area contributed by atoms with Crippen molar-refractivity contribution in [2.45, 2.75) is 26.4 Å². The average Bonchev–Trinajstić information content (AvgIpc) is 2.94. The first kappa shape index (κ1) is 14.3. The van der Waals surface area contributed by atoms with Crippen LogP contribution >= 0.6 is 0 Å². The Morgan fingerprint density at radius 3 is 2.86 bits per heavy atom. The number of carbonyl (C=O) groups is 1. The first-order valence-electron chi connectivity index (χ1n) is 7.07. The van der Waals surface area contributed by atoms with Gasteiger partial charge in [0, 0.05) is 11.8 Å². The summed E-state index contributed by atoms with van der Waals surface area (Å²) in [6.07, 6.45) is 4.78. The van der Waals surface area contributed by atoms with Gasteiger partial charge in [0.2, 0.25) is 0 Å². The maximum atomic E-state index is 12.3. The fourth-order valence-electron chi connectivity index (χ4n) is 2.24. The normalized spacial score (nSPS) is 13.0. The van der Waals surface area contributed by atoms with E-state index in [0.717, 1.165) is 22.5 Å².